The number of rotatable bonds is 6. The van der Waals surface area contributed by atoms with Crippen LogP contribution in [0, 0.1) is 5.82 Å². The van der Waals surface area contributed by atoms with Gasteiger partial charge in [0, 0.05) is 18.2 Å². The summed E-state index contributed by atoms with van der Waals surface area (Å²) in [5, 5.41) is 15.2. The van der Waals surface area contributed by atoms with Crippen LogP contribution in [-0.2, 0) is 12.0 Å². The Morgan fingerprint density at radius 1 is 1.23 bits per heavy atom. The Balaban J connectivity index is 1.47. The first-order valence-corrected chi connectivity index (χ1v) is 8.42. The summed E-state index contributed by atoms with van der Waals surface area (Å²) in [6.07, 6.45) is 4.47. The molecule has 0 aliphatic heterocycles. The molecule has 0 aromatic carbocycles. The summed E-state index contributed by atoms with van der Waals surface area (Å²) in [6.45, 7) is 0.746. The predicted molar refractivity (Wildman–Crippen MR) is 91.4 cm³/mol. The Kier molecular flexibility index (Phi) is 4.29. The molecule has 3 aromatic heterocycles. The van der Waals surface area contributed by atoms with Crippen LogP contribution in [0.1, 0.15) is 30.8 Å². The Bertz CT molecular complexity index is 892. The van der Waals surface area contributed by atoms with Gasteiger partial charge in [0.2, 0.25) is 0 Å². The lowest BCUT2D eigenvalue weighted by atomic mass is 9.66. The molecule has 9 heteroatoms. The molecule has 1 aliphatic carbocycles. The fourth-order valence-electron chi connectivity index (χ4n) is 3.12. The maximum atomic E-state index is 14.2. The molecule has 3 N–H and O–H groups in total. The minimum Gasteiger partial charge on any atom is -0.368 e. The van der Waals surface area contributed by atoms with Gasteiger partial charge in [0.1, 0.15) is 11.6 Å². The fraction of sp³-hybridized carbons (Fsp3) is 0.353. The third-order valence-electron chi connectivity index (χ3n) is 4.71. The van der Waals surface area contributed by atoms with Crippen LogP contribution >= 0.6 is 0 Å². The molecule has 0 bridgehead atoms. The Labute approximate surface area is 149 Å². The molecule has 134 valence electrons. The number of hydrogen-bond acceptors (Lipinski definition) is 8. The molecule has 4 rings (SSSR count). The Hall–Kier alpha value is -2.94. The second kappa shape index (κ2) is 6.75. The van der Waals surface area contributed by atoms with E-state index in [2.05, 4.69) is 30.6 Å². The molecule has 8 nitrogen and oxygen atoms in total. The Morgan fingerprint density at radius 2 is 2.12 bits per heavy atom. The third kappa shape index (κ3) is 3.01. The van der Waals surface area contributed by atoms with Crippen molar-refractivity contribution in [2.75, 3.05) is 11.9 Å². The summed E-state index contributed by atoms with van der Waals surface area (Å²) in [7, 11) is 0. The molecule has 0 unspecified atom stereocenters. The molecule has 0 saturated heterocycles. The lowest BCUT2D eigenvalue weighted by molar-refractivity contribution is 0.243. The minimum absolute atomic E-state index is 0.197. The fourth-order valence-corrected chi connectivity index (χ4v) is 3.12. The van der Waals surface area contributed by atoms with Gasteiger partial charge in [-0.1, -0.05) is 11.6 Å². The van der Waals surface area contributed by atoms with Crippen molar-refractivity contribution < 1.29 is 8.91 Å². The lowest BCUT2D eigenvalue weighted by Crippen LogP contribution is -2.42. The van der Waals surface area contributed by atoms with Crippen LogP contribution in [0.5, 0.6) is 0 Å². The molecule has 1 fully saturated rings. The summed E-state index contributed by atoms with van der Waals surface area (Å²) < 4.78 is 19.2. The van der Waals surface area contributed by atoms with Gasteiger partial charge in [-0.2, -0.15) is 4.98 Å². The Morgan fingerprint density at radius 3 is 2.73 bits per heavy atom. The maximum absolute atomic E-state index is 14.2. The number of anilines is 1. The molecule has 0 amide bonds. The van der Waals surface area contributed by atoms with Gasteiger partial charge >= 0.3 is 0 Å². The van der Waals surface area contributed by atoms with Crippen molar-refractivity contribution in [2.45, 2.75) is 31.2 Å². The zero-order valence-electron chi connectivity index (χ0n) is 14.0. The van der Waals surface area contributed by atoms with Crippen LogP contribution in [0.4, 0.5) is 10.2 Å². The van der Waals surface area contributed by atoms with Crippen molar-refractivity contribution in [3.8, 4) is 11.6 Å². The first kappa shape index (κ1) is 16.5. The van der Waals surface area contributed by atoms with Crippen LogP contribution < -0.4 is 11.1 Å². The van der Waals surface area contributed by atoms with Gasteiger partial charge < -0.3 is 15.6 Å². The minimum atomic E-state index is -0.297. The SMILES string of the molecule is NCc1noc(-c2ccc(NCC3(c4ncccc4F)CCC3)nn2)n1. The van der Waals surface area contributed by atoms with Crippen molar-refractivity contribution in [3.05, 3.63) is 47.8 Å². The molecule has 1 aliphatic rings. The largest absolute Gasteiger partial charge is 0.368 e. The second-order valence-corrected chi connectivity index (χ2v) is 6.34. The second-order valence-electron chi connectivity index (χ2n) is 6.34. The number of nitrogens with zero attached hydrogens (tertiary/aromatic N) is 5. The van der Waals surface area contributed by atoms with E-state index in [4.69, 9.17) is 10.3 Å². The monoisotopic (exact) mass is 355 g/mol. The number of nitrogens with two attached hydrogens (primary N) is 1. The highest BCUT2D eigenvalue weighted by atomic mass is 19.1. The molecule has 0 radical (unpaired) electrons. The van der Waals surface area contributed by atoms with Crippen LogP contribution in [0.3, 0.4) is 0 Å². The number of aromatic nitrogens is 5. The molecule has 1 saturated carbocycles. The van der Waals surface area contributed by atoms with E-state index in [1.807, 2.05) is 0 Å². The summed E-state index contributed by atoms with van der Waals surface area (Å²) in [6, 6.07) is 6.57. The maximum Gasteiger partial charge on any atom is 0.278 e. The number of hydrogen-bond donors (Lipinski definition) is 2. The van der Waals surface area contributed by atoms with Gasteiger partial charge in [-0.25, -0.2) is 4.39 Å². The molecule has 26 heavy (non-hydrogen) atoms. The highest BCUT2D eigenvalue weighted by molar-refractivity contribution is 5.48. The van der Waals surface area contributed by atoms with E-state index < -0.39 is 0 Å². The third-order valence-corrected chi connectivity index (χ3v) is 4.71. The van der Waals surface area contributed by atoms with Gasteiger partial charge in [0.15, 0.2) is 11.5 Å². The molecular weight excluding hydrogens is 337 g/mol. The van der Waals surface area contributed by atoms with E-state index in [1.54, 1.807) is 24.4 Å². The molecule has 0 atom stereocenters. The zero-order valence-corrected chi connectivity index (χ0v) is 14.0. The van der Waals surface area contributed by atoms with Gasteiger partial charge in [-0.05, 0) is 37.1 Å². The van der Waals surface area contributed by atoms with E-state index in [0.717, 1.165) is 19.3 Å². The van der Waals surface area contributed by atoms with Crippen molar-refractivity contribution in [3.63, 3.8) is 0 Å². The summed E-state index contributed by atoms with van der Waals surface area (Å²) in [5.41, 5.74) is 6.15. The quantitative estimate of drug-likeness (QED) is 0.690. The van der Waals surface area contributed by atoms with Crippen molar-refractivity contribution >= 4 is 5.82 Å². The average molecular weight is 355 g/mol. The van der Waals surface area contributed by atoms with E-state index in [9.17, 15) is 4.39 Å². The highest BCUT2D eigenvalue weighted by Gasteiger charge is 2.41. The average Bonchev–Trinajstić information content (AvgIpc) is 3.12. The number of pyridine rings is 1. The van der Waals surface area contributed by atoms with Crippen molar-refractivity contribution in [1.29, 1.82) is 0 Å². The first-order chi connectivity index (χ1) is 12.7. The van der Waals surface area contributed by atoms with E-state index in [0.29, 0.717) is 29.6 Å². The smallest absolute Gasteiger partial charge is 0.278 e. The summed E-state index contributed by atoms with van der Waals surface area (Å²) in [5.74, 6) is 1.02. The summed E-state index contributed by atoms with van der Waals surface area (Å²) >= 11 is 0. The normalized spacial score (nSPS) is 15.5. The van der Waals surface area contributed by atoms with E-state index >= 15 is 0 Å². The van der Waals surface area contributed by atoms with Gasteiger partial charge in [-0.15, -0.1) is 10.2 Å². The van der Waals surface area contributed by atoms with Gasteiger partial charge in [0.05, 0.1) is 12.2 Å². The molecular formula is C17H18FN7O. The number of halogens is 1. The van der Waals surface area contributed by atoms with E-state index in [-0.39, 0.29) is 23.7 Å². The molecule has 3 aromatic rings. The zero-order chi connectivity index (χ0) is 18.0. The van der Waals surface area contributed by atoms with Crippen molar-refractivity contribution in [2.24, 2.45) is 5.73 Å². The van der Waals surface area contributed by atoms with Crippen molar-refractivity contribution in [1.82, 2.24) is 25.3 Å². The lowest BCUT2D eigenvalue weighted by Gasteiger charge is -2.41. The highest BCUT2D eigenvalue weighted by Crippen LogP contribution is 2.43. The van der Waals surface area contributed by atoms with Gasteiger partial charge in [-0.3, -0.25) is 4.98 Å². The topological polar surface area (TPSA) is 116 Å². The summed E-state index contributed by atoms with van der Waals surface area (Å²) in [4.78, 5) is 8.37. The van der Waals surface area contributed by atoms with Crippen LogP contribution in [0.25, 0.3) is 11.6 Å². The van der Waals surface area contributed by atoms with E-state index in [1.165, 1.54) is 6.07 Å². The predicted octanol–water partition coefficient (Wildman–Crippen LogP) is 2.05. The first-order valence-electron chi connectivity index (χ1n) is 8.42. The molecule has 3 heterocycles. The van der Waals surface area contributed by atoms with Crippen LogP contribution in [-0.4, -0.2) is 31.9 Å². The van der Waals surface area contributed by atoms with Crippen LogP contribution in [0.2, 0.25) is 0 Å². The van der Waals surface area contributed by atoms with Crippen LogP contribution in [0.15, 0.2) is 35.0 Å². The van der Waals surface area contributed by atoms with Gasteiger partial charge in [0.25, 0.3) is 5.89 Å². The standard InChI is InChI=1S/C17H18FN7O/c18-11-3-1-8-20-15(11)17(6-2-7-17)10-21-13-5-4-12(23-24-13)16-22-14(9-19)25-26-16/h1,3-5,8H,2,6-7,9-10,19H2,(H,21,24). The molecule has 0 spiro atoms. The number of nitrogens with one attached hydrogen (secondary N) is 1.